The first kappa shape index (κ1) is 9.84. The van der Waals surface area contributed by atoms with E-state index in [1.807, 2.05) is 36.7 Å². The predicted octanol–water partition coefficient (Wildman–Crippen LogP) is 2.82. The molecule has 15 heavy (non-hydrogen) atoms. The summed E-state index contributed by atoms with van der Waals surface area (Å²) in [5, 5.41) is 0. The highest BCUT2D eigenvalue weighted by molar-refractivity contribution is 5.13. The van der Waals surface area contributed by atoms with E-state index in [0.717, 1.165) is 17.8 Å². The molecule has 0 aliphatic carbocycles. The molecule has 0 bridgehead atoms. The molecule has 0 saturated heterocycles. The van der Waals surface area contributed by atoms with Gasteiger partial charge in [0.2, 0.25) is 0 Å². The minimum absolute atomic E-state index is 0.418. The summed E-state index contributed by atoms with van der Waals surface area (Å²) in [6.07, 6.45) is 4.61. The van der Waals surface area contributed by atoms with Crippen LogP contribution in [0, 0.1) is 0 Å². The van der Waals surface area contributed by atoms with E-state index in [1.54, 1.807) is 0 Å². The van der Waals surface area contributed by atoms with Crippen molar-refractivity contribution in [3.05, 3.63) is 60.2 Å². The maximum absolute atomic E-state index is 4.35. The van der Waals surface area contributed by atoms with Crippen LogP contribution in [0.4, 0.5) is 0 Å². The van der Waals surface area contributed by atoms with Gasteiger partial charge in [0.05, 0.1) is 0 Å². The molecule has 0 aliphatic rings. The third-order valence-electron chi connectivity index (χ3n) is 2.43. The molecule has 2 aromatic rings. The number of hydrogen-bond donors (Lipinski definition) is 0. The van der Waals surface area contributed by atoms with E-state index in [1.165, 1.54) is 0 Å². The molecule has 2 heterocycles. The van der Waals surface area contributed by atoms with Crippen molar-refractivity contribution in [3.63, 3.8) is 0 Å². The van der Waals surface area contributed by atoms with Crippen molar-refractivity contribution in [1.82, 2.24) is 9.97 Å². The quantitative estimate of drug-likeness (QED) is 0.757. The Morgan fingerprint density at radius 2 is 1.73 bits per heavy atom. The molecule has 2 nitrogen and oxygen atoms in total. The molecule has 0 spiro atoms. The van der Waals surface area contributed by atoms with Crippen molar-refractivity contribution in [2.24, 2.45) is 0 Å². The van der Waals surface area contributed by atoms with Crippen LogP contribution >= 0.6 is 0 Å². The molecule has 0 amide bonds. The highest BCUT2D eigenvalue weighted by atomic mass is 14.7. The number of aromatic nitrogens is 2. The number of nitrogens with zero attached hydrogens (tertiary/aromatic N) is 2. The smallest absolute Gasteiger partial charge is 0.0435 e. The summed E-state index contributed by atoms with van der Waals surface area (Å²) >= 11 is 0. The van der Waals surface area contributed by atoms with Gasteiger partial charge in [-0.15, -0.1) is 0 Å². The van der Waals surface area contributed by atoms with E-state index in [2.05, 4.69) is 29.0 Å². The van der Waals surface area contributed by atoms with Gasteiger partial charge in [-0.2, -0.15) is 0 Å². The Labute approximate surface area is 90.0 Å². The first-order chi connectivity index (χ1) is 7.36. The zero-order valence-corrected chi connectivity index (χ0v) is 8.80. The number of hydrogen-bond acceptors (Lipinski definition) is 2. The van der Waals surface area contributed by atoms with E-state index >= 15 is 0 Å². The van der Waals surface area contributed by atoms with Gasteiger partial charge in [-0.1, -0.05) is 19.1 Å². The van der Waals surface area contributed by atoms with Crippen LogP contribution < -0.4 is 0 Å². The lowest BCUT2D eigenvalue weighted by Gasteiger charge is -2.09. The van der Waals surface area contributed by atoms with Gasteiger partial charge in [0, 0.05) is 29.7 Å². The Hall–Kier alpha value is -1.70. The molecule has 0 aliphatic heterocycles. The molecular weight excluding hydrogens is 184 g/mol. The van der Waals surface area contributed by atoms with Crippen molar-refractivity contribution < 1.29 is 0 Å². The summed E-state index contributed by atoms with van der Waals surface area (Å²) in [5.74, 6) is 0.418. The molecule has 76 valence electrons. The van der Waals surface area contributed by atoms with Gasteiger partial charge >= 0.3 is 0 Å². The Morgan fingerprint density at radius 3 is 2.33 bits per heavy atom. The summed E-state index contributed by atoms with van der Waals surface area (Å²) in [4.78, 5) is 8.66. The summed E-state index contributed by atoms with van der Waals surface area (Å²) in [6.45, 7) is 2.18. The van der Waals surface area contributed by atoms with Gasteiger partial charge in [-0.25, -0.2) is 0 Å². The molecule has 0 radical (unpaired) electrons. The Bertz CT molecular complexity index is 397. The maximum atomic E-state index is 4.35. The van der Waals surface area contributed by atoms with Crippen molar-refractivity contribution in [2.45, 2.75) is 19.3 Å². The van der Waals surface area contributed by atoms with Crippen molar-refractivity contribution >= 4 is 0 Å². The number of pyridine rings is 2. The Morgan fingerprint density at radius 1 is 1.00 bits per heavy atom. The van der Waals surface area contributed by atoms with Gasteiger partial charge in [-0.05, 0) is 30.7 Å². The van der Waals surface area contributed by atoms with Crippen LogP contribution in [0.3, 0.4) is 0 Å². The first-order valence-electron chi connectivity index (χ1n) is 5.17. The highest BCUT2D eigenvalue weighted by Gasteiger charge is 2.07. The minimum atomic E-state index is 0.418. The Kier molecular flexibility index (Phi) is 3.08. The molecule has 2 heteroatoms. The SMILES string of the molecule is CC(Cc1ccccn1)c1ccccn1. The van der Waals surface area contributed by atoms with Gasteiger partial charge in [0.15, 0.2) is 0 Å². The second-order valence-corrected chi connectivity index (χ2v) is 3.68. The van der Waals surface area contributed by atoms with Gasteiger partial charge < -0.3 is 0 Å². The largest absolute Gasteiger partial charge is 0.261 e. The monoisotopic (exact) mass is 198 g/mol. The predicted molar refractivity (Wildman–Crippen MR) is 60.6 cm³/mol. The van der Waals surface area contributed by atoms with Crippen molar-refractivity contribution in [1.29, 1.82) is 0 Å². The molecule has 0 N–H and O–H groups in total. The third-order valence-corrected chi connectivity index (χ3v) is 2.43. The van der Waals surface area contributed by atoms with Gasteiger partial charge in [0.1, 0.15) is 0 Å². The topological polar surface area (TPSA) is 25.8 Å². The second-order valence-electron chi connectivity index (χ2n) is 3.68. The Balaban J connectivity index is 2.08. The van der Waals surface area contributed by atoms with Crippen molar-refractivity contribution in [3.8, 4) is 0 Å². The lowest BCUT2D eigenvalue weighted by molar-refractivity contribution is 0.715. The maximum Gasteiger partial charge on any atom is 0.0435 e. The third kappa shape index (κ3) is 2.62. The van der Waals surface area contributed by atoms with Crippen LogP contribution in [-0.2, 0) is 6.42 Å². The summed E-state index contributed by atoms with van der Waals surface area (Å²) in [6, 6.07) is 12.0. The van der Waals surface area contributed by atoms with Crippen LogP contribution in [0.15, 0.2) is 48.8 Å². The zero-order valence-electron chi connectivity index (χ0n) is 8.80. The van der Waals surface area contributed by atoms with E-state index in [-0.39, 0.29) is 0 Å². The fraction of sp³-hybridized carbons (Fsp3) is 0.231. The zero-order chi connectivity index (χ0) is 10.5. The van der Waals surface area contributed by atoms with E-state index in [0.29, 0.717) is 5.92 Å². The first-order valence-corrected chi connectivity index (χ1v) is 5.17. The average molecular weight is 198 g/mol. The summed E-state index contributed by atoms with van der Waals surface area (Å²) in [7, 11) is 0. The van der Waals surface area contributed by atoms with Gasteiger partial charge in [0.25, 0.3) is 0 Å². The molecule has 2 aromatic heterocycles. The molecule has 1 unspecified atom stereocenters. The molecule has 2 rings (SSSR count). The fourth-order valence-corrected chi connectivity index (χ4v) is 1.60. The standard InChI is InChI=1S/C13H14N2/c1-11(13-7-3-5-9-15-13)10-12-6-2-4-8-14-12/h2-9,11H,10H2,1H3. The average Bonchev–Trinajstić information content (AvgIpc) is 2.31. The van der Waals surface area contributed by atoms with E-state index < -0.39 is 0 Å². The molecular formula is C13H14N2. The normalized spacial score (nSPS) is 12.3. The molecule has 0 saturated carbocycles. The van der Waals surface area contributed by atoms with Crippen LogP contribution in [0.5, 0.6) is 0 Å². The second kappa shape index (κ2) is 4.69. The van der Waals surface area contributed by atoms with Crippen molar-refractivity contribution in [2.75, 3.05) is 0 Å². The van der Waals surface area contributed by atoms with Crippen LogP contribution in [0.2, 0.25) is 0 Å². The summed E-state index contributed by atoms with van der Waals surface area (Å²) < 4.78 is 0. The lowest BCUT2D eigenvalue weighted by Crippen LogP contribution is -2.01. The minimum Gasteiger partial charge on any atom is -0.261 e. The van der Waals surface area contributed by atoms with E-state index in [9.17, 15) is 0 Å². The fourth-order valence-electron chi connectivity index (χ4n) is 1.60. The molecule has 0 aromatic carbocycles. The van der Waals surface area contributed by atoms with Crippen LogP contribution in [0.25, 0.3) is 0 Å². The lowest BCUT2D eigenvalue weighted by atomic mass is 10.0. The number of rotatable bonds is 3. The van der Waals surface area contributed by atoms with Gasteiger partial charge in [-0.3, -0.25) is 9.97 Å². The van der Waals surface area contributed by atoms with Crippen LogP contribution in [-0.4, -0.2) is 9.97 Å². The molecule has 0 fully saturated rings. The van der Waals surface area contributed by atoms with E-state index in [4.69, 9.17) is 0 Å². The summed E-state index contributed by atoms with van der Waals surface area (Å²) in [5.41, 5.74) is 2.25. The molecule has 1 atom stereocenters. The van der Waals surface area contributed by atoms with Crippen LogP contribution in [0.1, 0.15) is 24.2 Å². The highest BCUT2D eigenvalue weighted by Crippen LogP contribution is 2.16.